The molecule has 0 radical (unpaired) electrons. The van der Waals surface area contributed by atoms with E-state index in [-0.39, 0.29) is 5.82 Å². The molecular weight excluding hydrogens is 546 g/mol. The predicted molar refractivity (Wildman–Crippen MR) is 148 cm³/mol. The number of nitrogens with one attached hydrogen (secondary N) is 1. The lowest BCUT2D eigenvalue weighted by Crippen LogP contribution is -2.23. The summed E-state index contributed by atoms with van der Waals surface area (Å²) in [6.07, 6.45) is 1.86. The molecule has 2 heterocycles. The summed E-state index contributed by atoms with van der Waals surface area (Å²) >= 11 is 14.2. The standard InChI is InChI=1S/C27H23Cl2FN6OS/c1-27(2,17-5-11-22(29)23(13-17)37-3)24-14-31-26(36(24)19-8-6-18(30)7-9-19)38-15-16-4-10-21(28)20(12-16)25-32-34-35-33-25/h4-14H,15H2,1-3H3,(H,32,33,34,35). The molecule has 0 spiro atoms. The molecular formula is C27H23Cl2FN6OS. The maximum Gasteiger partial charge on any atom is 0.180 e. The molecule has 38 heavy (non-hydrogen) atoms. The molecule has 5 aromatic rings. The molecule has 11 heteroatoms. The van der Waals surface area contributed by atoms with E-state index in [1.54, 1.807) is 31.0 Å². The summed E-state index contributed by atoms with van der Waals surface area (Å²) in [7, 11) is 1.59. The molecule has 0 saturated carbocycles. The van der Waals surface area contributed by atoms with Crippen molar-refractivity contribution in [2.24, 2.45) is 0 Å². The number of hydrogen-bond donors (Lipinski definition) is 1. The summed E-state index contributed by atoms with van der Waals surface area (Å²) < 4.78 is 21.3. The van der Waals surface area contributed by atoms with Crippen molar-refractivity contribution in [3.63, 3.8) is 0 Å². The van der Waals surface area contributed by atoms with Crippen LogP contribution in [0.2, 0.25) is 10.0 Å². The Morgan fingerprint density at radius 1 is 1.03 bits per heavy atom. The second kappa shape index (κ2) is 10.8. The summed E-state index contributed by atoms with van der Waals surface area (Å²) in [6.45, 7) is 4.22. The smallest absolute Gasteiger partial charge is 0.180 e. The first kappa shape index (κ1) is 26.2. The third-order valence-corrected chi connectivity index (χ3v) is 7.99. The maximum atomic E-state index is 13.8. The Hall–Kier alpha value is -3.40. The number of hydrogen-bond acceptors (Lipinski definition) is 6. The molecule has 0 bridgehead atoms. The molecule has 0 aliphatic rings. The maximum absolute atomic E-state index is 13.8. The molecule has 3 aromatic carbocycles. The number of methoxy groups -OCH3 is 1. The molecule has 7 nitrogen and oxygen atoms in total. The van der Waals surface area contributed by atoms with Gasteiger partial charge in [0.2, 0.25) is 0 Å². The van der Waals surface area contributed by atoms with Crippen LogP contribution in [0.3, 0.4) is 0 Å². The molecule has 0 saturated heterocycles. The summed E-state index contributed by atoms with van der Waals surface area (Å²) in [5, 5.41) is 15.9. The number of nitrogens with zero attached hydrogens (tertiary/aromatic N) is 5. The third kappa shape index (κ3) is 5.14. The van der Waals surface area contributed by atoms with Crippen molar-refractivity contribution in [1.82, 2.24) is 30.2 Å². The Bertz CT molecular complexity index is 1570. The van der Waals surface area contributed by atoms with E-state index in [1.165, 1.54) is 12.1 Å². The van der Waals surface area contributed by atoms with Crippen LogP contribution in [0.4, 0.5) is 4.39 Å². The summed E-state index contributed by atoms with van der Waals surface area (Å²) in [5.74, 6) is 1.40. The second-order valence-corrected chi connectivity index (χ2v) is 10.8. The molecule has 0 aliphatic carbocycles. The predicted octanol–water partition coefficient (Wildman–Crippen LogP) is 7.13. The number of rotatable bonds is 8. The average molecular weight is 569 g/mol. The van der Waals surface area contributed by atoms with E-state index >= 15 is 0 Å². The number of benzene rings is 3. The largest absolute Gasteiger partial charge is 0.495 e. The number of halogens is 3. The van der Waals surface area contributed by atoms with Crippen molar-refractivity contribution in [1.29, 1.82) is 0 Å². The van der Waals surface area contributed by atoms with Gasteiger partial charge in [-0.1, -0.05) is 60.9 Å². The van der Waals surface area contributed by atoms with Crippen LogP contribution in [0.5, 0.6) is 5.75 Å². The normalized spacial score (nSPS) is 11.6. The van der Waals surface area contributed by atoms with E-state index in [9.17, 15) is 4.39 Å². The van der Waals surface area contributed by atoms with Crippen LogP contribution in [0.15, 0.2) is 72.0 Å². The van der Waals surface area contributed by atoms with Gasteiger partial charge in [-0.2, -0.15) is 0 Å². The first-order valence-corrected chi connectivity index (χ1v) is 13.4. The van der Waals surface area contributed by atoms with Crippen LogP contribution in [0, 0.1) is 5.82 Å². The number of thioether (sulfide) groups is 1. The minimum Gasteiger partial charge on any atom is -0.495 e. The molecule has 0 atom stereocenters. The van der Waals surface area contributed by atoms with E-state index in [0.29, 0.717) is 27.4 Å². The molecule has 0 unspecified atom stereocenters. The quantitative estimate of drug-likeness (QED) is 0.200. The zero-order valence-corrected chi connectivity index (χ0v) is 23.1. The van der Waals surface area contributed by atoms with Gasteiger partial charge < -0.3 is 4.74 Å². The highest BCUT2D eigenvalue weighted by Gasteiger charge is 2.30. The Labute approximate surface area is 233 Å². The highest BCUT2D eigenvalue weighted by molar-refractivity contribution is 7.98. The lowest BCUT2D eigenvalue weighted by atomic mass is 9.81. The van der Waals surface area contributed by atoms with Gasteiger partial charge in [0, 0.05) is 22.4 Å². The van der Waals surface area contributed by atoms with Crippen molar-refractivity contribution in [2.45, 2.75) is 30.2 Å². The Kier molecular flexibility index (Phi) is 7.43. The van der Waals surface area contributed by atoms with E-state index in [1.807, 2.05) is 42.6 Å². The van der Waals surface area contributed by atoms with Crippen molar-refractivity contribution in [3.05, 3.63) is 99.5 Å². The average Bonchev–Trinajstić information content (AvgIpc) is 3.60. The number of imidazole rings is 1. The minimum atomic E-state index is -0.481. The molecule has 1 N–H and O–H groups in total. The van der Waals surface area contributed by atoms with Crippen molar-refractivity contribution in [2.75, 3.05) is 7.11 Å². The summed E-state index contributed by atoms with van der Waals surface area (Å²) in [4.78, 5) is 4.78. The molecule has 0 aliphatic heterocycles. The Morgan fingerprint density at radius 2 is 1.79 bits per heavy atom. The topological polar surface area (TPSA) is 81.5 Å². The lowest BCUT2D eigenvalue weighted by Gasteiger charge is -2.28. The highest BCUT2D eigenvalue weighted by Crippen LogP contribution is 2.39. The first-order valence-electron chi connectivity index (χ1n) is 11.6. The minimum absolute atomic E-state index is 0.304. The SMILES string of the molecule is COc1cc(C(C)(C)c2cnc(SCc3ccc(Cl)c(-c4nnn[nH]4)c3)n2-c2ccc(F)cc2)ccc1Cl. The number of ether oxygens (including phenoxy) is 1. The van der Waals surface area contributed by atoms with Crippen LogP contribution < -0.4 is 4.74 Å². The van der Waals surface area contributed by atoms with Crippen LogP contribution in [0.25, 0.3) is 17.1 Å². The lowest BCUT2D eigenvalue weighted by molar-refractivity contribution is 0.413. The third-order valence-electron chi connectivity index (χ3n) is 6.33. The van der Waals surface area contributed by atoms with Crippen LogP contribution in [0.1, 0.15) is 30.7 Å². The fourth-order valence-electron chi connectivity index (χ4n) is 4.18. The molecule has 0 fully saturated rings. The molecule has 5 rings (SSSR count). The molecule has 194 valence electrons. The van der Waals surface area contributed by atoms with Gasteiger partial charge in [-0.15, -0.1) is 5.10 Å². The van der Waals surface area contributed by atoms with Gasteiger partial charge in [0.25, 0.3) is 0 Å². The van der Waals surface area contributed by atoms with Gasteiger partial charge in [0.1, 0.15) is 11.6 Å². The van der Waals surface area contributed by atoms with Crippen molar-refractivity contribution < 1.29 is 9.13 Å². The monoisotopic (exact) mass is 568 g/mol. The van der Waals surface area contributed by atoms with Crippen LogP contribution in [-0.4, -0.2) is 37.3 Å². The van der Waals surface area contributed by atoms with Crippen LogP contribution in [-0.2, 0) is 11.2 Å². The highest BCUT2D eigenvalue weighted by atomic mass is 35.5. The number of H-pyrrole nitrogens is 1. The van der Waals surface area contributed by atoms with Gasteiger partial charge in [0.05, 0.1) is 29.0 Å². The van der Waals surface area contributed by atoms with Gasteiger partial charge in [-0.3, -0.25) is 4.57 Å². The van der Waals surface area contributed by atoms with Gasteiger partial charge in [0.15, 0.2) is 11.0 Å². The van der Waals surface area contributed by atoms with Crippen LogP contribution >= 0.6 is 35.0 Å². The summed E-state index contributed by atoms with van der Waals surface area (Å²) in [5.41, 5.74) is 3.99. The Morgan fingerprint density at radius 3 is 2.50 bits per heavy atom. The Balaban J connectivity index is 1.53. The molecule has 2 aromatic heterocycles. The number of aromatic nitrogens is 6. The van der Waals surface area contributed by atoms with Gasteiger partial charge in [-0.05, 0) is 70.1 Å². The fraction of sp³-hybridized carbons (Fsp3) is 0.185. The first-order chi connectivity index (χ1) is 18.3. The zero-order valence-electron chi connectivity index (χ0n) is 20.7. The van der Waals surface area contributed by atoms with E-state index in [4.69, 9.17) is 32.9 Å². The fourth-order valence-corrected chi connectivity index (χ4v) is 5.52. The zero-order chi connectivity index (χ0) is 26.9. The molecule has 0 amide bonds. The number of aromatic amines is 1. The van der Waals surface area contributed by atoms with Gasteiger partial charge >= 0.3 is 0 Å². The summed E-state index contributed by atoms with van der Waals surface area (Å²) in [6, 6.07) is 17.9. The van der Waals surface area contributed by atoms with E-state index < -0.39 is 5.41 Å². The van der Waals surface area contributed by atoms with Crippen molar-refractivity contribution in [3.8, 4) is 22.8 Å². The van der Waals surface area contributed by atoms with E-state index in [0.717, 1.165) is 33.2 Å². The second-order valence-electron chi connectivity index (χ2n) is 9.06. The van der Waals surface area contributed by atoms with E-state index in [2.05, 4.69) is 39.0 Å². The van der Waals surface area contributed by atoms with Crippen molar-refractivity contribution >= 4 is 35.0 Å². The van der Waals surface area contributed by atoms with Gasteiger partial charge in [-0.25, -0.2) is 14.5 Å². The number of tetrazole rings is 1.